The molecule has 1 saturated heterocycles. The maximum atomic E-state index is 13.8. The second kappa shape index (κ2) is 6.80. The molecular weight excluding hydrogens is 319 g/mol. The molecule has 0 aliphatic carbocycles. The van der Waals surface area contributed by atoms with Gasteiger partial charge >= 0.3 is 0 Å². The van der Waals surface area contributed by atoms with Gasteiger partial charge in [0, 0.05) is 18.7 Å². The Morgan fingerprint density at radius 2 is 2.00 bits per heavy atom. The summed E-state index contributed by atoms with van der Waals surface area (Å²) in [6.45, 7) is 2.70. The highest BCUT2D eigenvalue weighted by atomic mass is 19.1. The van der Waals surface area contributed by atoms with E-state index >= 15 is 0 Å². The molecule has 1 aromatic carbocycles. The summed E-state index contributed by atoms with van der Waals surface area (Å²) >= 11 is 0. The number of pyridine rings is 1. The van der Waals surface area contributed by atoms with Crippen LogP contribution in [0.5, 0.6) is 5.75 Å². The Morgan fingerprint density at radius 1 is 1.16 bits per heavy atom. The molecule has 0 radical (unpaired) electrons. The highest BCUT2D eigenvalue weighted by molar-refractivity contribution is 5.37. The first-order valence-electron chi connectivity index (χ1n) is 8.59. The minimum atomic E-state index is -0.301. The first kappa shape index (κ1) is 16.0. The highest BCUT2D eigenvalue weighted by Crippen LogP contribution is 2.28. The normalized spacial score (nSPS) is 16.4. The summed E-state index contributed by atoms with van der Waals surface area (Å²) < 4.78 is 20.9. The van der Waals surface area contributed by atoms with E-state index in [4.69, 9.17) is 4.74 Å². The second-order valence-electron chi connectivity index (χ2n) is 6.51. The first-order valence-corrected chi connectivity index (χ1v) is 8.59. The number of aromatic nitrogens is 3. The largest absolute Gasteiger partial charge is 0.494 e. The topological polar surface area (TPSA) is 42.7 Å². The fourth-order valence-corrected chi connectivity index (χ4v) is 3.55. The summed E-state index contributed by atoms with van der Waals surface area (Å²) in [5.74, 6) is 1.46. The second-order valence-corrected chi connectivity index (χ2v) is 6.51. The lowest BCUT2D eigenvalue weighted by molar-refractivity contribution is 0.201. The summed E-state index contributed by atoms with van der Waals surface area (Å²) in [5, 5.41) is 8.64. The molecule has 0 unspecified atom stereocenters. The number of rotatable bonds is 4. The molecule has 0 spiro atoms. The lowest BCUT2D eigenvalue weighted by Gasteiger charge is -2.31. The van der Waals surface area contributed by atoms with Crippen LogP contribution in [-0.2, 0) is 6.54 Å². The van der Waals surface area contributed by atoms with Gasteiger partial charge in [0.1, 0.15) is 5.82 Å². The number of nitrogens with zero attached hydrogens (tertiary/aromatic N) is 4. The van der Waals surface area contributed by atoms with Gasteiger partial charge in [-0.25, -0.2) is 4.39 Å². The van der Waals surface area contributed by atoms with Gasteiger partial charge in [0.2, 0.25) is 0 Å². The van der Waals surface area contributed by atoms with Crippen LogP contribution < -0.4 is 4.74 Å². The van der Waals surface area contributed by atoms with Crippen molar-refractivity contribution in [1.82, 2.24) is 19.5 Å². The van der Waals surface area contributed by atoms with Gasteiger partial charge in [0.25, 0.3) is 0 Å². The average Bonchev–Trinajstić information content (AvgIpc) is 3.07. The van der Waals surface area contributed by atoms with Gasteiger partial charge in [-0.3, -0.25) is 9.30 Å². The molecule has 2 aromatic heterocycles. The summed E-state index contributed by atoms with van der Waals surface area (Å²) in [7, 11) is 1.48. The fraction of sp³-hybridized carbons (Fsp3) is 0.368. The third-order valence-corrected chi connectivity index (χ3v) is 4.92. The van der Waals surface area contributed by atoms with Crippen LogP contribution in [0.1, 0.15) is 30.1 Å². The van der Waals surface area contributed by atoms with Crippen molar-refractivity contribution in [3.8, 4) is 5.75 Å². The number of ether oxygens (including phenoxy) is 1. The van der Waals surface area contributed by atoms with Gasteiger partial charge < -0.3 is 4.74 Å². The van der Waals surface area contributed by atoms with E-state index in [0.717, 1.165) is 49.5 Å². The Labute approximate surface area is 146 Å². The van der Waals surface area contributed by atoms with Crippen LogP contribution in [0.2, 0.25) is 0 Å². The van der Waals surface area contributed by atoms with E-state index in [2.05, 4.69) is 19.5 Å². The van der Waals surface area contributed by atoms with Crippen molar-refractivity contribution < 1.29 is 9.13 Å². The molecular formula is C19H21FN4O. The molecule has 6 heteroatoms. The van der Waals surface area contributed by atoms with Crippen molar-refractivity contribution in [1.29, 1.82) is 0 Å². The molecule has 3 heterocycles. The van der Waals surface area contributed by atoms with Crippen molar-refractivity contribution in [2.75, 3.05) is 20.2 Å². The molecule has 0 bridgehead atoms. The Morgan fingerprint density at radius 3 is 2.76 bits per heavy atom. The molecule has 3 aromatic rings. The molecule has 5 nitrogen and oxygen atoms in total. The van der Waals surface area contributed by atoms with Crippen LogP contribution in [-0.4, -0.2) is 39.7 Å². The third-order valence-electron chi connectivity index (χ3n) is 4.92. The first-order chi connectivity index (χ1) is 12.2. The van der Waals surface area contributed by atoms with Crippen LogP contribution in [0.4, 0.5) is 4.39 Å². The SMILES string of the molecule is COc1ccc(CN2CCC(c3nnc4ccccn34)CC2)cc1F. The zero-order valence-corrected chi connectivity index (χ0v) is 14.2. The predicted molar refractivity (Wildman–Crippen MR) is 93.2 cm³/mol. The number of fused-ring (bicyclic) bond motifs is 1. The molecule has 0 saturated carbocycles. The molecule has 130 valence electrons. The number of methoxy groups -OCH3 is 1. The number of halogens is 1. The standard InChI is InChI=1S/C19H21FN4O/c1-25-17-6-5-14(12-16(17)20)13-23-10-7-15(8-11-23)19-22-21-18-4-2-3-9-24(18)19/h2-6,9,12,15H,7-8,10-11,13H2,1H3. The smallest absolute Gasteiger partial charge is 0.165 e. The van der Waals surface area contributed by atoms with E-state index in [1.807, 2.05) is 30.5 Å². The van der Waals surface area contributed by atoms with Gasteiger partial charge in [-0.05, 0) is 55.8 Å². The van der Waals surface area contributed by atoms with Crippen LogP contribution >= 0.6 is 0 Å². The minimum absolute atomic E-state index is 0.293. The number of benzene rings is 1. The summed E-state index contributed by atoms with van der Waals surface area (Å²) in [6.07, 6.45) is 4.10. The quantitative estimate of drug-likeness (QED) is 0.731. The van der Waals surface area contributed by atoms with E-state index in [9.17, 15) is 4.39 Å². The number of hydrogen-bond acceptors (Lipinski definition) is 4. The maximum Gasteiger partial charge on any atom is 0.165 e. The van der Waals surface area contributed by atoms with Gasteiger partial charge in [0.05, 0.1) is 7.11 Å². The number of hydrogen-bond donors (Lipinski definition) is 0. The van der Waals surface area contributed by atoms with Crippen molar-refractivity contribution in [3.63, 3.8) is 0 Å². The maximum absolute atomic E-state index is 13.8. The van der Waals surface area contributed by atoms with Crippen LogP contribution in [0.15, 0.2) is 42.6 Å². The third kappa shape index (κ3) is 3.22. The number of likely N-dealkylation sites (tertiary alicyclic amines) is 1. The van der Waals surface area contributed by atoms with E-state index < -0.39 is 0 Å². The van der Waals surface area contributed by atoms with Gasteiger partial charge in [0.15, 0.2) is 17.2 Å². The van der Waals surface area contributed by atoms with Gasteiger partial charge in [-0.2, -0.15) is 0 Å². The van der Waals surface area contributed by atoms with E-state index in [0.29, 0.717) is 11.7 Å². The molecule has 4 rings (SSSR count). The molecule has 1 aliphatic rings. The summed E-state index contributed by atoms with van der Waals surface area (Å²) in [5.41, 5.74) is 1.87. The van der Waals surface area contributed by atoms with Crippen molar-refractivity contribution >= 4 is 5.65 Å². The zero-order valence-electron chi connectivity index (χ0n) is 14.2. The Kier molecular flexibility index (Phi) is 4.36. The fourth-order valence-electron chi connectivity index (χ4n) is 3.55. The Bertz CT molecular complexity index is 871. The average molecular weight is 340 g/mol. The van der Waals surface area contributed by atoms with Crippen LogP contribution in [0.25, 0.3) is 5.65 Å². The van der Waals surface area contributed by atoms with E-state index in [-0.39, 0.29) is 5.82 Å². The van der Waals surface area contributed by atoms with Gasteiger partial charge in [-0.1, -0.05) is 12.1 Å². The van der Waals surface area contributed by atoms with E-state index in [1.54, 1.807) is 12.1 Å². The Balaban J connectivity index is 1.41. The molecule has 1 fully saturated rings. The van der Waals surface area contributed by atoms with Crippen molar-refractivity contribution in [3.05, 3.63) is 59.8 Å². The minimum Gasteiger partial charge on any atom is -0.494 e. The van der Waals surface area contributed by atoms with Crippen LogP contribution in [0.3, 0.4) is 0 Å². The monoisotopic (exact) mass is 340 g/mol. The lowest BCUT2D eigenvalue weighted by atomic mass is 9.95. The highest BCUT2D eigenvalue weighted by Gasteiger charge is 2.24. The van der Waals surface area contributed by atoms with Crippen molar-refractivity contribution in [2.24, 2.45) is 0 Å². The van der Waals surface area contributed by atoms with Crippen LogP contribution in [0, 0.1) is 5.82 Å². The molecule has 0 amide bonds. The lowest BCUT2D eigenvalue weighted by Crippen LogP contribution is -2.33. The van der Waals surface area contributed by atoms with E-state index in [1.165, 1.54) is 7.11 Å². The predicted octanol–water partition coefficient (Wildman–Crippen LogP) is 3.26. The molecule has 0 N–H and O–H groups in total. The molecule has 0 atom stereocenters. The molecule has 1 aliphatic heterocycles. The van der Waals surface area contributed by atoms with Crippen molar-refractivity contribution in [2.45, 2.75) is 25.3 Å². The molecule has 25 heavy (non-hydrogen) atoms. The Hall–Kier alpha value is -2.47. The zero-order chi connectivity index (χ0) is 17.2. The number of piperidine rings is 1. The van der Waals surface area contributed by atoms with Gasteiger partial charge in [-0.15, -0.1) is 10.2 Å². The summed E-state index contributed by atoms with van der Waals surface area (Å²) in [4.78, 5) is 2.36. The summed E-state index contributed by atoms with van der Waals surface area (Å²) in [6, 6.07) is 11.2.